The van der Waals surface area contributed by atoms with Crippen molar-refractivity contribution < 1.29 is 0 Å². The summed E-state index contributed by atoms with van der Waals surface area (Å²) in [4.78, 5) is 10.9. The van der Waals surface area contributed by atoms with E-state index in [-0.39, 0.29) is 0 Å². The van der Waals surface area contributed by atoms with Gasteiger partial charge in [-0.25, -0.2) is 9.97 Å². The molecule has 0 aliphatic carbocycles. The van der Waals surface area contributed by atoms with Gasteiger partial charge in [-0.15, -0.1) is 0 Å². The van der Waals surface area contributed by atoms with Crippen molar-refractivity contribution in [3.05, 3.63) is 60.4 Å². The number of hydrogen-bond acceptors (Lipinski definition) is 4. The Hall–Kier alpha value is -2.62. The molecule has 4 nitrogen and oxygen atoms in total. The van der Waals surface area contributed by atoms with Crippen LogP contribution in [0.3, 0.4) is 0 Å². The summed E-state index contributed by atoms with van der Waals surface area (Å²) >= 11 is 0. The first-order valence-electron chi connectivity index (χ1n) is 6.99. The van der Waals surface area contributed by atoms with Crippen molar-refractivity contribution in [1.82, 2.24) is 9.97 Å². The lowest BCUT2D eigenvalue weighted by Crippen LogP contribution is -2.21. The van der Waals surface area contributed by atoms with Gasteiger partial charge < -0.3 is 10.6 Å². The van der Waals surface area contributed by atoms with E-state index in [2.05, 4.69) is 46.2 Å². The van der Waals surface area contributed by atoms with Crippen LogP contribution in [0.1, 0.15) is 5.56 Å². The average molecular weight is 278 g/mol. The van der Waals surface area contributed by atoms with Gasteiger partial charge in [0.2, 0.25) is 0 Å². The van der Waals surface area contributed by atoms with Gasteiger partial charge in [-0.2, -0.15) is 0 Å². The molecule has 0 aliphatic heterocycles. The van der Waals surface area contributed by atoms with Crippen LogP contribution in [0.4, 0.5) is 11.5 Å². The minimum Gasteiger partial charge on any atom is -0.399 e. The normalized spacial score (nSPS) is 10.7. The van der Waals surface area contributed by atoms with Gasteiger partial charge >= 0.3 is 0 Å². The van der Waals surface area contributed by atoms with Crippen molar-refractivity contribution in [2.75, 3.05) is 24.2 Å². The number of anilines is 2. The minimum atomic E-state index is 0.721. The highest BCUT2D eigenvalue weighted by Crippen LogP contribution is 2.23. The van der Waals surface area contributed by atoms with Gasteiger partial charge in [-0.1, -0.05) is 30.3 Å². The molecule has 21 heavy (non-hydrogen) atoms. The predicted molar refractivity (Wildman–Crippen MR) is 87.4 cm³/mol. The number of fused-ring (bicyclic) bond motifs is 1. The smallest absolute Gasteiger partial charge is 0.139 e. The Bertz CT molecular complexity index is 740. The third-order valence-corrected chi connectivity index (χ3v) is 3.58. The summed E-state index contributed by atoms with van der Waals surface area (Å²) in [6.45, 7) is 0.903. The fraction of sp³-hybridized carbons (Fsp3) is 0.176. The van der Waals surface area contributed by atoms with Crippen LogP contribution in [-0.2, 0) is 6.42 Å². The Morgan fingerprint density at radius 1 is 1.05 bits per heavy atom. The molecule has 4 heteroatoms. The summed E-state index contributed by atoms with van der Waals surface area (Å²) < 4.78 is 0. The molecule has 0 saturated carbocycles. The van der Waals surface area contributed by atoms with Gasteiger partial charge in [0, 0.05) is 24.7 Å². The highest BCUT2D eigenvalue weighted by atomic mass is 15.2. The van der Waals surface area contributed by atoms with Crippen molar-refractivity contribution in [3.63, 3.8) is 0 Å². The molecule has 2 N–H and O–H groups in total. The van der Waals surface area contributed by atoms with Crippen LogP contribution < -0.4 is 10.6 Å². The lowest BCUT2D eigenvalue weighted by atomic mass is 10.1. The lowest BCUT2D eigenvalue weighted by molar-refractivity contribution is 0.862. The van der Waals surface area contributed by atoms with Crippen molar-refractivity contribution in [1.29, 1.82) is 0 Å². The summed E-state index contributed by atoms with van der Waals surface area (Å²) in [6, 6.07) is 16.2. The predicted octanol–water partition coefficient (Wildman–Crippen LogP) is 2.89. The second-order valence-electron chi connectivity index (χ2n) is 5.13. The Labute approximate surface area is 124 Å². The third-order valence-electron chi connectivity index (χ3n) is 3.58. The van der Waals surface area contributed by atoms with Gasteiger partial charge in [-0.3, -0.25) is 0 Å². The molecule has 3 rings (SSSR count). The van der Waals surface area contributed by atoms with E-state index < -0.39 is 0 Å². The molecule has 3 aromatic rings. The topological polar surface area (TPSA) is 55.0 Å². The fourth-order valence-corrected chi connectivity index (χ4v) is 2.41. The summed E-state index contributed by atoms with van der Waals surface area (Å²) in [6.07, 6.45) is 2.58. The number of nitrogen functional groups attached to an aromatic ring is 1. The molecule has 0 radical (unpaired) electrons. The van der Waals surface area contributed by atoms with E-state index in [4.69, 9.17) is 5.73 Å². The summed E-state index contributed by atoms with van der Waals surface area (Å²) in [5, 5.41) is 1.03. The molecule has 0 amide bonds. The van der Waals surface area contributed by atoms with E-state index in [0.717, 1.165) is 35.4 Å². The number of nitrogens with zero attached hydrogens (tertiary/aromatic N) is 3. The maximum absolute atomic E-state index is 5.81. The molecule has 0 bridgehead atoms. The van der Waals surface area contributed by atoms with E-state index in [1.54, 1.807) is 6.33 Å². The number of nitrogens with two attached hydrogens (primary N) is 1. The van der Waals surface area contributed by atoms with Crippen LogP contribution in [0.15, 0.2) is 54.9 Å². The van der Waals surface area contributed by atoms with Crippen molar-refractivity contribution in [2.24, 2.45) is 0 Å². The molecule has 0 atom stereocenters. The molecule has 0 spiro atoms. The molecular weight excluding hydrogens is 260 g/mol. The van der Waals surface area contributed by atoms with E-state index in [0.29, 0.717) is 0 Å². The number of rotatable bonds is 4. The fourth-order valence-electron chi connectivity index (χ4n) is 2.41. The minimum absolute atomic E-state index is 0.721. The maximum Gasteiger partial charge on any atom is 0.139 e. The first-order valence-corrected chi connectivity index (χ1v) is 6.99. The monoisotopic (exact) mass is 278 g/mol. The molecular formula is C17H18N4. The van der Waals surface area contributed by atoms with Crippen molar-refractivity contribution in [3.8, 4) is 0 Å². The Morgan fingerprint density at radius 3 is 2.67 bits per heavy atom. The van der Waals surface area contributed by atoms with E-state index >= 15 is 0 Å². The second kappa shape index (κ2) is 5.79. The van der Waals surface area contributed by atoms with Crippen LogP contribution in [0.5, 0.6) is 0 Å². The van der Waals surface area contributed by atoms with E-state index in [9.17, 15) is 0 Å². The highest BCUT2D eigenvalue weighted by Gasteiger charge is 2.08. The van der Waals surface area contributed by atoms with Crippen LogP contribution in [0.25, 0.3) is 10.9 Å². The van der Waals surface area contributed by atoms with Gasteiger partial charge in [0.25, 0.3) is 0 Å². The van der Waals surface area contributed by atoms with Crippen LogP contribution in [0.2, 0.25) is 0 Å². The van der Waals surface area contributed by atoms with Crippen LogP contribution in [-0.4, -0.2) is 23.6 Å². The standard InChI is InChI=1S/C17H18N4/c1-21(10-9-13-5-3-2-4-6-13)17-15-8-7-14(18)11-16(15)19-12-20-17/h2-8,11-12H,9-10,18H2,1H3. The lowest BCUT2D eigenvalue weighted by Gasteiger charge is -2.19. The largest absolute Gasteiger partial charge is 0.399 e. The zero-order valence-electron chi connectivity index (χ0n) is 12.0. The average Bonchev–Trinajstić information content (AvgIpc) is 2.52. The number of likely N-dealkylation sites (N-methyl/N-ethyl adjacent to an activating group) is 1. The summed E-state index contributed by atoms with van der Waals surface area (Å²) in [5.41, 5.74) is 8.74. The zero-order chi connectivity index (χ0) is 14.7. The SMILES string of the molecule is CN(CCc1ccccc1)c1ncnc2cc(N)ccc12. The van der Waals surface area contributed by atoms with Crippen LogP contribution >= 0.6 is 0 Å². The molecule has 2 aromatic carbocycles. The van der Waals surface area contributed by atoms with Crippen LogP contribution in [0, 0.1) is 0 Å². The van der Waals surface area contributed by atoms with Crippen molar-refractivity contribution in [2.45, 2.75) is 6.42 Å². The maximum atomic E-state index is 5.81. The molecule has 0 aliphatic rings. The quantitative estimate of drug-likeness (QED) is 0.746. The molecule has 0 unspecified atom stereocenters. The second-order valence-corrected chi connectivity index (χ2v) is 5.13. The number of hydrogen-bond donors (Lipinski definition) is 1. The zero-order valence-corrected chi connectivity index (χ0v) is 12.0. The van der Waals surface area contributed by atoms with E-state index in [1.165, 1.54) is 5.56 Å². The first-order chi connectivity index (χ1) is 10.2. The number of benzene rings is 2. The van der Waals surface area contributed by atoms with Gasteiger partial charge in [-0.05, 0) is 30.2 Å². The summed E-state index contributed by atoms with van der Waals surface area (Å²) in [7, 11) is 2.06. The molecule has 106 valence electrons. The van der Waals surface area contributed by atoms with Crippen molar-refractivity contribution >= 4 is 22.4 Å². The third kappa shape index (κ3) is 2.94. The Morgan fingerprint density at radius 2 is 1.86 bits per heavy atom. The molecule has 0 fully saturated rings. The number of aromatic nitrogens is 2. The highest BCUT2D eigenvalue weighted by molar-refractivity contribution is 5.91. The molecule has 1 aromatic heterocycles. The van der Waals surface area contributed by atoms with E-state index in [1.807, 2.05) is 24.3 Å². The Kier molecular flexibility index (Phi) is 3.69. The van der Waals surface area contributed by atoms with Gasteiger partial charge in [0.1, 0.15) is 12.1 Å². The van der Waals surface area contributed by atoms with Gasteiger partial charge in [0.15, 0.2) is 0 Å². The Balaban J connectivity index is 1.83. The summed E-state index contributed by atoms with van der Waals surface area (Å²) in [5.74, 6) is 0.941. The first kappa shape index (κ1) is 13.4. The molecule has 1 heterocycles. The van der Waals surface area contributed by atoms with Gasteiger partial charge in [0.05, 0.1) is 5.52 Å². The molecule has 0 saturated heterocycles.